The Kier molecular flexibility index (Phi) is 6.87. The lowest BCUT2D eigenvalue weighted by molar-refractivity contribution is -0.124. The van der Waals surface area contributed by atoms with E-state index >= 15 is 0 Å². The highest BCUT2D eigenvalue weighted by molar-refractivity contribution is 5.95. The van der Waals surface area contributed by atoms with Crippen molar-refractivity contribution in [2.45, 2.75) is 12.8 Å². The van der Waals surface area contributed by atoms with E-state index in [1.165, 1.54) is 6.07 Å². The van der Waals surface area contributed by atoms with Crippen molar-refractivity contribution in [1.29, 1.82) is 0 Å². The maximum absolute atomic E-state index is 13.3. The van der Waals surface area contributed by atoms with Gasteiger partial charge in [0.05, 0.1) is 13.7 Å². The summed E-state index contributed by atoms with van der Waals surface area (Å²) >= 11 is 0. The van der Waals surface area contributed by atoms with E-state index in [4.69, 9.17) is 4.74 Å². The van der Waals surface area contributed by atoms with E-state index < -0.39 is 17.5 Å². The van der Waals surface area contributed by atoms with Gasteiger partial charge >= 0.3 is 0 Å². The zero-order valence-corrected chi connectivity index (χ0v) is 18.5. The third-order valence-corrected chi connectivity index (χ3v) is 5.44. The first kappa shape index (κ1) is 23.0. The Morgan fingerprint density at radius 3 is 2.44 bits per heavy atom. The summed E-state index contributed by atoms with van der Waals surface area (Å²) in [5.74, 6) is -2.15. The van der Waals surface area contributed by atoms with Crippen LogP contribution < -0.4 is 15.4 Å². The van der Waals surface area contributed by atoms with Gasteiger partial charge in [-0.2, -0.15) is 0 Å². The molecule has 1 heterocycles. The quantitative estimate of drug-likeness (QED) is 0.351. The highest BCUT2D eigenvalue weighted by Crippen LogP contribution is 2.32. The van der Waals surface area contributed by atoms with Crippen LogP contribution in [0.3, 0.4) is 0 Å². The van der Waals surface area contributed by atoms with E-state index in [0.29, 0.717) is 6.42 Å². The van der Waals surface area contributed by atoms with E-state index in [1.807, 2.05) is 48.5 Å². The number of anilines is 1. The number of methoxy groups -OCH3 is 1. The maximum Gasteiger partial charge on any atom is 0.243 e. The van der Waals surface area contributed by atoms with E-state index in [0.717, 1.165) is 45.6 Å². The number of fused-ring (bicyclic) bond motifs is 1. The minimum absolute atomic E-state index is 0.112. The molecule has 3 aromatic carbocycles. The Morgan fingerprint density at radius 1 is 0.941 bits per heavy atom. The molecule has 3 N–H and O–H groups in total. The largest absolute Gasteiger partial charge is 0.497 e. The number of ether oxygens (including phenoxy) is 1. The summed E-state index contributed by atoms with van der Waals surface area (Å²) in [5.41, 5.74) is 3.98. The SMILES string of the molecule is COc1ccc(-c2[nH]c3ccccc3c2CCC(=O)NCC(=O)Nc2ccc(F)c(F)c2)cc1. The molecule has 1 aromatic heterocycles. The standard InChI is InChI=1S/C26H23F2N3O3/c1-34-18-9-6-16(7-10-18)26-20(19-4-2-3-5-23(19)31-26)11-13-24(32)29-15-25(33)30-17-8-12-21(27)22(28)14-17/h2-10,12,14,31H,11,13,15H2,1H3,(H,29,32)(H,30,33). The molecule has 0 saturated heterocycles. The molecule has 0 aliphatic rings. The summed E-state index contributed by atoms with van der Waals surface area (Å²) in [5, 5.41) is 6.02. The molecule has 4 rings (SSSR count). The van der Waals surface area contributed by atoms with Crippen molar-refractivity contribution in [1.82, 2.24) is 10.3 Å². The summed E-state index contributed by atoms with van der Waals surface area (Å²) in [4.78, 5) is 27.9. The van der Waals surface area contributed by atoms with E-state index in [2.05, 4.69) is 15.6 Å². The van der Waals surface area contributed by atoms with Gasteiger partial charge < -0.3 is 20.4 Å². The molecule has 0 saturated carbocycles. The molecule has 174 valence electrons. The number of carbonyl (C=O) groups excluding carboxylic acids is 2. The van der Waals surface area contributed by atoms with Crippen molar-refractivity contribution in [2.24, 2.45) is 0 Å². The topological polar surface area (TPSA) is 83.2 Å². The number of carbonyl (C=O) groups is 2. The predicted octanol–water partition coefficient (Wildman–Crippen LogP) is 4.81. The molecule has 4 aromatic rings. The predicted molar refractivity (Wildman–Crippen MR) is 127 cm³/mol. The number of aryl methyl sites for hydroxylation is 1. The lowest BCUT2D eigenvalue weighted by Gasteiger charge is -2.09. The van der Waals surface area contributed by atoms with Crippen molar-refractivity contribution in [2.75, 3.05) is 19.0 Å². The Morgan fingerprint density at radius 2 is 1.71 bits per heavy atom. The summed E-state index contributed by atoms with van der Waals surface area (Å²) in [6.45, 7) is -0.281. The van der Waals surface area contributed by atoms with Crippen molar-refractivity contribution in [3.8, 4) is 17.0 Å². The number of hydrogen-bond donors (Lipinski definition) is 3. The van der Waals surface area contributed by atoms with Gasteiger partial charge in [0, 0.05) is 34.8 Å². The molecule has 0 radical (unpaired) electrons. The van der Waals surface area contributed by atoms with E-state index in [1.54, 1.807) is 7.11 Å². The minimum atomic E-state index is -1.06. The fourth-order valence-electron chi connectivity index (χ4n) is 3.75. The van der Waals surface area contributed by atoms with Crippen LogP contribution in [0, 0.1) is 11.6 Å². The third-order valence-electron chi connectivity index (χ3n) is 5.44. The molecule has 0 aliphatic heterocycles. The van der Waals surface area contributed by atoms with Gasteiger partial charge in [0.15, 0.2) is 11.6 Å². The zero-order chi connectivity index (χ0) is 24.1. The van der Waals surface area contributed by atoms with Crippen LogP contribution in [0.1, 0.15) is 12.0 Å². The van der Waals surface area contributed by atoms with Crippen LogP contribution in [0.2, 0.25) is 0 Å². The molecule has 34 heavy (non-hydrogen) atoms. The number of para-hydroxylation sites is 1. The van der Waals surface area contributed by atoms with Crippen LogP contribution in [-0.2, 0) is 16.0 Å². The summed E-state index contributed by atoms with van der Waals surface area (Å²) in [6, 6.07) is 18.6. The number of hydrogen-bond acceptors (Lipinski definition) is 3. The minimum Gasteiger partial charge on any atom is -0.497 e. The number of aromatic nitrogens is 1. The van der Waals surface area contributed by atoms with Gasteiger partial charge in [-0.15, -0.1) is 0 Å². The summed E-state index contributed by atoms with van der Waals surface area (Å²) in [7, 11) is 1.61. The number of nitrogens with one attached hydrogen (secondary N) is 3. The average Bonchev–Trinajstić information content (AvgIpc) is 3.22. The fraction of sp³-hybridized carbons (Fsp3) is 0.154. The summed E-state index contributed by atoms with van der Waals surface area (Å²) < 4.78 is 31.5. The zero-order valence-electron chi connectivity index (χ0n) is 18.5. The van der Waals surface area contributed by atoms with Crippen LogP contribution in [0.25, 0.3) is 22.2 Å². The average molecular weight is 463 g/mol. The first-order chi connectivity index (χ1) is 16.4. The number of rotatable bonds is 8. The van der Waals surface area contributed by atoms with Gasteiger partial charge in [-0.3, -0.25) is 9.59 Å². The van der Waals surface area contributed by atoms with Crippen molar-refractivity contribution >= 4 is 28.4 Å². The molecule has 2 amide bonds. The lowest BCUT2D eigenvalue weighted by atomic mass is 10.0. The Labute approximate surface area is 194 Å². The normalized spacial score (nSPS) is 10.8. The number of halogens is 2. The van der Waals surface area contributed by atoms with Crippen LogP contribution in [0.4, 0.5) is 14.5 Å². The highest BCUT2D eigenvalue weighted by atomic mass is 19.2. The van der Waals surface area contributed by atoms with Crippen LogP contribution in [0.15, 0.2) is 66.7 Å². The van der Waals surface area contributed by atoms with Gasteiger partial charge in [0.1, 0.15) is 5.75 Å². The van der Waals surface area contributed by atoms with Gasteiger partial charge in [-0.1, -0.05) is 18.2 Å². The second-order valence-corrected chi connectivity index (χ2v) is 7.71. The van der Waals surface area contributed by atoms with Crippen LogP contribution in [0.5, 0.6) is 5.75 Å². The van der Waals surface area contributed by atoms with Gasteiger partial charge in [0.2, 0.25) is 11.8 Å². The molecular weight excluding hydrogens is 440 g/mol. The number of aromatic amines is 1. The number of benzene rings is 3. The van der Waals surface area contributed by atoms with Crippen LogP contribution in [-0.4, -0.2) is 30.5 Å². The Balaban J connectivity index is 1.40. The summed E-state index contributed by atoms with van der Waals surface area (Å²) in [6.07, 6.45) is 0.630. The smallest absolute Gasteiger partial charge is 0.243 e. The van der Waals surface area contributed by atoms with Gasteiger partial charge in [-0.25, -0.2) is 8.78 Å². The van der Waals surface area contributed by atoms with Crippen molar-refractivity contribution < 1.29 is 23.1 Å². The lowest BCUT2D eigenvalue weighted by Crippen LogP contribution is -2.33. The molecule has 0 fully saturated rings. The van der Waals surface area contributed by atoms with E-state index in [9.17, 15) is 18.4 Å². The Hall–Kier alpha value is -4.20. The maximum atomic E-state index is 13.3. The first-order valence-corrected chi connectivity index (χ1v) is 10.7. The first-order valence-electron chi connectivity index (χ1n) is 10.7. The molecular formula is C26H23F2N3O3. The van der Waals surface area contributed by atoms with Crippen molar-refractivity contribution in [3.63, 3.8) is 0 Å². The second-order valence-electron chi connectivity index (χ2n) is 7.71. The van der Waals surface area contributed by atoms with Gasteiger partial charge in [0.25, 0.3) is 0 Å². The fourth-order valence-corrected chi connectivity index (χ4v) is 3.75. The molecule has 0 unspecified atom stereocenters. The van der Waals surface area contributed by atoms with E-state index in [-0.39, 0.29) is 24.6 Å². The number of amides is 2. The Bertz CT molecular complexity index is 1330. The molecule has 0 bridgehead atoms. The number of H-pyrrole nitrogens is 1. The monoisotopic (exact) mass is 463 g/mol. The van der Waals surface area contributed by atoms with Crippen molar-refractivity contribution in [3.05, 3.63) is 83.9 Å². The van der Waals surface area contributed by atoms with Crippen LogP contribution >= 0.6 is 0 Å². The van der Waals surface area contributed by atoms with Gasteiger partial charge in [-0.05, 0) is 60.0 Å². The highest BCUT2D eigenvalue weighted by Gasteiger charge is 2.15. The third kappa shape index (κ3) is 5.23. The molecule has 0 spiro atoms. The molecule has 6 nitrogen and oxygen atoms in total. The second kappa shape index (κ2) is 10.2. The molecule has 0 atom stereocenters. The molecule has 0 aliphatic carbocycles. The molecule has 8 heteroatoms.